The fourth-order valence-corrected chi connectivity index (χ4v) is 4.99. The minimum absolute atomic E-state index is 0.295. The molecule has 0 saturated heterocycles. The third-order valence-electron chi connectivity index (χ3n) is 4.57. The average molecular weight is 478 g/mol. The Bertz CT molecular complexity index is 935. The molecule has 3 rings (SSSR count). The predicted molar refractivity (Wildman–Crippen MR) is 120 cm³/mol. The van der Waals surface area contributed by atoms with Gasteiger partial charge in [0.1, 0.15) is 10.8 Å². The average Bonchev–Trinajstić information content (AvgIpc) is 3.06. The molecule has 0 spiro atoms. The Hall–Kier alpha value is -2.12. The van der Waals surface area contributed by atoms with E-state index >= 15 is 0 Å². The minimum atomic E-state index is -0.364. The molecule has 1 amide bonds. The number of carbonyl (C=O) groups is 2. The molecule has 1 aliphatic carbocycles. The van der Waals surface area contributed by atoms with Gasteiger partial charge in [-0.1, -0.05) is 15.9 Å². The number of aryl methyl sites for hydroxylation is 1. The van der Waals surface area contributed by atoms with Crippen molar-refractivity contribution in [1.82, 2.24) is 0 Å². The first-order valence-electron chi connectivity index (χ1n) is 9.76. The number of fused-ring (bicyclic) bond motifs is 1. The highest BCUT2D eigenvalue weighted by Crippen LogP contribution is 2.38. The summed E-state index contributed by atoms with van der Waals surface area (Å²) in [5.74, 6) is 0.0481. The Morgan fingerprint density at radius 2 is 2.00 bits per heavy atom. The van der Waals surface area contributed by atoms with Crippen molar-refractivity contribution in [3.63, 3.8) is 0 Å². The van der Waals surface area contributed by atoms with Crippen molar-refractivity contribution in [3.05, 3.63) is 50.3 Å². The van der Waals surface area contributed by atoms with Crippen LogP contribution in [0.15, 0.2) is 28.7 Å². The molecule has 29 heavy (non-hydrogen) atoms. The van der Waals surface area contributed by atoms with E-state index < -0.39 is 0 Å². The fraction of sp³-hybridized carbons (Fsp3) is 0.364. The summed E-state index contributed by atoms with van der Waals surface area (Å²) in [6.07, 6.45) is 7.11. The summed E-state index contributed by atoms with van der Waals surface area (Å²) < 4.78 is 11.7. The first-order valence-corrected chi connectivity index (χ1v) is 11.4. The van der Waals surface area contributed by atoms with Crippen molar-refractivity contribution in [2.45, 2.75) is 39.5 Å². The van der Waals surface area contributed by atoms with E-state index in [1.54, 1.807) is 13.0 Å². The van der Waals surface area contributed by atoms with Crippen LogP contribution in [0.1, 0.15) is 53.1 Å². The predicted octanol–water partition coefficient (Wildman–Crippen LogP) is 5.62. The molecule has 1 heterocycles. The van der Waals surface area contributed by atoms with Gasteiger partial charge in [0.25, 0.3) is 0 Å². The highest BCUT2D eigenvalue weighted by molar-refractivity contribution is 9.10. The van der Waals surface area contributed by atoms with Gasteiger partial charge in [0.15, 0.2) is 0 Å². The summed E-state index contributed by atoms with van der Waals surface area (Å²) in [5, 5.41) is 3.46. The van der Waals surface area contributed by atoms with E-state index in [9.17, 15) is 9.59 Å². The molecule has 0 radical (unpaired) electrons. The van der Waals surface area contributed by atoms with Crippen molar-refractivity contribution in [2.24, 2.45) is 0 Å². The van der Waals surface area contributed by atoms with Crippen molar-refractivity contribution >= 4 is 50.2 Å². The first kappa shape index (κ1) is 21.6. The number of hydrogen-bond donors (Lipinski definition) is 1. The maximum atomic E-state index is 12.6. The number of rotatable bonds is 7. The highest BCUT2D eigenvalue weighted by atomic mass is 79.9. The van der Waals surface area contributed by atoms with Crippen LogP contribution in [0, 0.1) is 0 Å². The molecular weight excluding hydrogens is 454 g/mol. The van der Waals surface area contributed by atoms with Crippen LogP contribution in [0.4, 0.5) is 5.00 Å². The van der Waals surface area contributed by atoms with Crippen LogP contribution in [0.5, 0.6) is 5.75 Å². The van der Waals surface area contributed by atoms with E-state index in [4.69, 9.17) is 9.47 Å². The quantitative estimate of drug-likeness (QED) is 0.415. The molecule has 1 aromatic carbocycles. The van der Waals surface area contributed by atoms with Gasteiger partial charge in [-0.05, 0) is 69.4 Å². The second-order valence-corrected chi connectivity index (χ2v) is 8.59. The molecule has 0 atom stereocenters. The number of halogens is 1. The van der Waals surface area contributed by atoms with Gasteiger partial charge in [-0.3, -0.25) is 4.79 Å². The number of benzene rings is 1. The smallest absolute Gasteiger partial charge is 0.341 e. The number of anilines is 1. The molecule has 1 aromatic heterocycles. The number of hydrogen-bond acceptors (Lipinski definition) is 5. The van der Waals surface area contributed by atoms with E-state index in [0.717, 1.165) is 41.3 Å². The molecule has 0 unspecified atom stereocenters. The van der Waals surface area contributed by atoms with Gasteiger partial charge in [-0.25, -0.2) is 4.79 Å². The fourth-order valence-electron chi connectivity index (χ4n) is 3.33. The maximum absolute atomic E-state index is 12.6. The van der Waals surface area contributed by atoms with Gasteiger partial charge in [-0.2, -0.15) is 0 Å². The second kappa shape index (κ2) is 10.1. The number of thiophene rings is 1. The zero-order valence-corrected chi connectivity index (χ0v) is 19.0. The number of carbonyl (C=O) groups excluding carboxylic acids is 2. The number of amides is 1. The van der Waals surface area contributed by atoms with E-state index in [-0.39, 0.29) is 11.9 Å². The van der Waals surface area contributed by atoms with Crippen LogP contribution < -0.4 is 10.1 Å². The van der Waals surface area contributed by atoms with Gasteiger partial charge in [-0.15, -0.1) is 11.3 Å². The Balaban J connectivity index is 1.82. The van der Waals surface area contributed by atoms with E-state index in [1.165, 1.54) is 22.3 Å². The van der Waals surface area contributed by atoms with Gasteiger partial charge in [0, 0.05) is 21.0 Å². The lowest BCUT2D eigenvalue weighted by Gasteiger charge is -2.12. The Kier molecular flexibility index (Phi) is 7.50. The minimum Gasteiger partial charge on any atom is -0.493 e. The molecule has 5 nitrogen and oxygen atoms in total. The monoisotopic (exact) mass is 477 g/mol. The standard InChI is InChI=1S/C22H24BrNO4S/c1-3-27-17-11-10-15(23)13-14(17)9-12-19(25)24-21-20(22(26)28-4-2)16-7-5-6-8-18(16)29-21/h9-13H,3-8H2,1-2H3,(H,24,25). The third-order valence-corrected chi connectivity index (χ3v) is 6.27. The van der Waals surface area contributed by atoms with Gasteiger partial charge in [0.2, 0.25) is 5.91 Å². The zero-order valence-electron chi connectivity index (χ0n) is 16.5. The van der Waals surface area contributed by atoms with Crippen LogP contribution in [0.25, 0.3) is 6.08 Å². The van der Waals surface area contributed by atoms with E-state index in [2.05, 4.69) is 21.2 Å². The Morgan fingerprint density at radius 3 is 2.76 bits per heavy atom. The lowest BCUT2D eigenvalue weighted by Crippen LogP contribution is -2.14. The molecule has 1 N–H and O–H groups in total. The molecule has 0 bridgehead atoms. The first-order chi connectivity index (χ1) is 14.0. The molecule has 154 valence electrons. The summed E-state index contributed by atoms with van der Waals surface area (Å²) in [4.78, 5) is 26.3. The van der Waals surface area contributed by atoms with Crippen LogP contribution in [0.3, 0.4) is 0 Å². The molecule has 2 aromatic rings. The molecule has 0 saturated carbocycles. The molecular formula is C22H24BrNO4S. The summed E-state index contributed by atoms with van der Waals surface area (Å²) in [7, 11) is 0. The Labute approximate surface area is 183 Å². The highest BCUT2D eigenvalue weighted by Gasteiger charge is 2.26. The van der Waals surface area contributed by atoms with Crippen LogP contribution in [0.2, 0.25) is 0 Å². The van der Waals surface area contributed by atoms with Crippen molar-refractivity contribution in [3.8, 4) is 5.75 Å². The zero-order chi connectivity index (χ0) is 20.8. The topological polar surface area (TPSA) is 64.6 Å². The van der Waals surface area contributed by atoms with Crippen LogP contribution in [-0.2, 0) is 22.4 Å². The summed E-state index contributed by atoms with van der Waals surface area (Å²) in [6.45, 7) is 4.54. The SMILES string of the molecule is CCOC(=O)c1c(NC(=O)C=Cc2cc(Br)ccc2OCC)sc2c1CCCC2. The molecule has 0 aliphatic heterocycles. The molecule has 7 heteroatoms. The normalized spacial score (nSPS) is 13.2. The maximum Gasteiger partial charge on any atom is 0.341 e. The van der Waals surface area contributed by atoms with E-state index in [0.29, 0.717) is 29.5 Å². The summed E-state index contributed by atoms with van der Waals surface area (Å²) in [6, 6.07) is 5.64. The molecule has 1 aliphatic rings. The van der Waals surface area contributed by atoms with Gasteiger partial charge in [0.05, 0.1) is 18.8 Å². The largest absolute Gasteiger partial charge is 0.493 e. The lowest BCUT2D eigenvalue weighted by atomic mass is 9.95. The van der Waals surface area contributed by atoms with Gasteiger partial charge >= 0.3 is 5.97 Å². The number of nitrogens with one attached hydrogen (secondary N) is 1. The Morgan fingerprint density at radius 1 is 1.21 bits per heavy atom. The number of esters is 1. The van der Waals surface area contributed by atoms with Crippen molar-refractivity contribution in [1.29, 1.82) is 0 Å². The summed E-state index contributed by atoms with van der Waals surface area (Å²) in [5.41, 5.74) is 2.35. The van der Waals surface area contributed by atoms with Crippen molar-refractivity contribution < 1.29 is 19.1 Å². The van der Waals surface area contributed by atoms with E-state index in [1.807, 2.05) is 25.1 Å². The summed E-state index contributed by atoms with van der Waals surface area (Å²) >= 11 is 4.92. The third kappa shape index (κ3) is 5.28. The van der Waals surface area contributed by atoms with Gasteiger partial charge < -0.3 is 14.8 Å². The van der Waals surface area contributed by atoms with Crippen molar-refractivity contribution in [2.75, 3.05) is 18.5 Å². The molecule has 0 fully saturated rings. The second-order valence-electron chi connectivity index (χ2n) is 6.57. The lowest BCUT2D eigenvalue weighted by molar-refractivity contribution is -0.111. The van der Waals surface area contributed by atoms with Crippen LogP contribution in [-0.4, -0.2) is 25.1 Å². The number of ether oxygens (including phenoxy) is 2. The van der Waals surface area contributed by atoms with Crippen LogP contribution >= 0.6 is 27.3 Å².